The Hall–Kier alpha value is -3.13. The number of pyridine rings is 1. The number of aromatic amines is 1. The van der Waals surface area contributed by atoms with Crippen molar-refractivity contribution in [3.8, 4) is 5.88 Å². The van der Waals surface area contributed by atoms with Gasteiger partial charge in [0, 0.05) is 20.1 Å². The number of imidazole rings is 1. The number of likely N-dealkylation sites (tertiary alicyclic amines) is 1. The number of aromatic nitrogens is 3. The maximum atomic E-state index is 12.6. The van der Waals surface area contributed by atoms with E-state index in [1.807, 2.05) is 42.3 Å². The van der Waals surface area contributed by atoms with Crippen molar-refractivity contribution in [2.75, 3.05) is 45.2 Å². The van der Waals surface area contributed by atoms with Crippen molar-refractivity contribution < 1.29 is 14.3 Å². The SMILES string of the molecule is COC(=O)c1c(N(C)CCN2CCCC2)nc(OCc2ccccc2)c2[nH]cnc12. The van der Waals surface area contributed by atoms with E-state index in [9.17, 15) is 4.79 Å². The lowest BCUT2D eigenvalue weighted by atomic mass is 10.2. The third-order valence-electron chi connectivity index (χ3n) is 5.44. The molecule has 4 rings (SSSR count). The number of carbonyl (C=O) groups excluding carboxylic acids is 1. The maximum Gasteiger partial charge on any atom is 0.343 e. The zero-order valence-electron chi connectivity index (χ0n) is 17.4. The van der Waals surface area contributed by atoms with E-state index in [0.717, 1.165) is 31.7 Å². The van der Waals surface area contributed by atoms with Crippen molar-refractivity contribution in [3.63, 3.8) is 0 Å². The van der Waals surface area contributed by atoms with Crippen LogP contribution in [0, 0.1) is 0 Å². The van der Waals surface area contributed by atoms with Crippen LogP contribution in [0.1, 0.15) is 28.8 Å². The fraction of sp³-hybridized carbons (Fsp3) is 0.409. The molecule has 8 nitrogen and oxygen atoms in total. The summed E-state index contributed by atoms with van der Waals surface area (Å²) in [7, 11) is 3.30. The van der Waals surface area contributed by atoms with E-state index >= 15 is 0 Å². The number of ether oxygens (including phenoxy) is 2. The molecular weight excluding hydrogens is 382 g/mol. The minimum atomic E-state index is -0.461. The molecule has 0 amide bonds. The number of rotatable bonds is 8. The molecule has 1 aliphatic heterocycles. The fourth-order valence-corrected chi connectivity index (χ4v) is 3.76. The highest BCUT2D eigenvalue weighted by Crippen LogP contribution is 2.32. The van der Waals surface area contributed by atoms with E-state index < -0.39 is 5.97 Å². The molecular formula is C22H27N5O3. The van der Waals surface area contributed by atoms with Crippen molar-refractivity contribution in [1.29, 1.82) is 0 Å². The third kappa shape index (κ3) is 4.23. The minimum absolute atomic E-state index is 0.352. The standard InChI is InChI=1S/C22H27N5O3/c1-26(12-13-27-10-6-7-11-27)20-17(22(28)29-2)18-19(24-15-23-18)21(25-20)30-14-16-8-4-3-5-9-16/h3-5,8-9,15H,6-7,10-14H2,1-2H3,(H,23,24). The molecule has 0 atom stereocenters. The summed E-state index contributed by atoms with van der Waals surface area (Å²) in [5.74, 6) is 0.475. The normalized spacial score (nSPS) is 14.2. The molecule has 0 radical (unpaired) electrons. The smallest absolute Gasteiger partial charge is 0.343 e. The van der Waals surface area contributed by atoms with Gasteiger partial charge in [-0.2, -0.15) is 4.98 Å². The van der Waals surface area contributed by atoms with Gasteiger partial charge in [0.2, 0.25) is 5.88 Å². The summed E-state index contributed by atoms with van der Waals surface area (Å²) in [4.78, 5) is 29.2. The van der Waals surface area contributed by atoms with Crippen molar-refractivity contribution in [2.45, 2.75) is 19.4 Å². The average Bonchev–Trinajstić information content (AvgIpc) is 3.47. The van der Waals surface area contributed by atoms with Crippen LogP contribution in [-0.4, -0.2) is 66.2 Å². The molecule has 8 heteroatoms. The predicted molar refractivity (Wildman–Crippen MR) is 115 cm³/mol. The number of hydrogen-bond donors (Lipinski definition) is 1. The minimum Gasteiger partial charge on any atom is -0.471 e. The summed E-state index contributed by atoms with van der Waals surface area (Å²) in [6.07, 6.45) is 4.03. The van der Waals surface area contributed by atoms with Crippen LogP contribution in [0.5, 0.6) is 5.88 Å². The number of esters is 1. The Morgan fingerprint density at radius 1 is 1.23 bits per heavy atom. The quantitative estimate of drug-likeness (QED) is 0.573. The van der Waals surface area contributed by atoms with E-state index in [1.165, 1.54) is 20.0 Å². The zero-order chi connectivity index (χ0) is 20.9. The Kier molecular flexibility index (Phi) is 6.13. The van der Waals surface area contributed by atoms with Crippen LogP contribution < -0.4 is 9.64 Å². The Morgan fingerprint density at radius 3 is 2.73 bits per heavy atom. The summed E-state index contributed by atoms with van der Waals surface area (Å²) < 4.78 is 11.1. The summed E-state index contributed by atoms with van der Waals surface area (Å²) in [5.41, 5.74) is 2.48. The number of hydrogen-bond acceptors (Lipinski definition) is 7. The van der Waals surface area contributed by atoms with Crippen LogP contribution in [-0.2, 0) is 11.3 Å². The second-order valence-corrected chi connectivity index (χ2v) is 7.48. The molecule has 3 aromatic rings. The van der Waals surface area contributed by atoms with Crippen molar-refractivity contribution in [1.82, 2.24) is 19.9 Å². The molecule has 1 fully saturated rings. The first-order valence-electron chi connectivity index (χ1n) is 10.2. The molecule has 0 saturated carbocycles. The Morgan fingerprint density at radius 2 is 2.00 bits per heavy atom. The molecule has 2 aromatic heterocycles. The van der Waals surface area contributed by atoms with Gasteiger partial charge < -0.3 is 24.3 Å². The lowest BCUT2D eigenvalue weighted by Crippen LogP contribution is -2.32. The molecule has 1 N–H and O–H groups in total. The van der Waals surface area contributed by atoms with Gasteiger partial charge in [0.05, 0.1) is 13.4 Å². The van der Waals surface area contributed by atoms with Crippen LogP contribution in [0.4, 0.5) is 5.82 Å². The summed E-state index contributed by atoms with van der Waals surface area (Å²) in [5, 5.41) is 0. The number of carbonyl (C=O) groups is 1. The van der Waals surface area contributed by atoms with E-state index in [2.05, 4.69) is 14.9 Å². The van der Waals surface area contributed by atoms with E-state index in [0.29, 0.717) is 34.9 Å². The van der Waals surface area contributed by atoms with E-state index in [-0.39, 0.29) is 0 Å². The highest BCUT2D eigenvalue weighted by atomic mass is 16.5. The molecule has 30 heavy (non-hydrogen) atoms. The second-order valence-electron chi connectivity index (χ2n) is 7.48. The molecule has 0 aliphatic carbocycles. The molecule has 1 saturated heterocycles. The van der Waals surface area contributed by atoms with Crippen molar-refractivity contribution in [3.05, 3.63) is 47.8 Å². The van der Waals surface area contributed by atoms with Gasteiger partial charge in [-0.15, -0.1) is 0 Å². The number of likely N-dealkylation sites (N-methyl/N-ethyl adjacent to an activating group) is 1. The number of anilines is 1. The van der Waals surface area contributed by atoms with Crippen LogP contribution in [0.15, 0.2) is 36.7 Å². The molecule has 0 spiro atoms. The molecule has 0 unspecified atom stereocenters. The number of nitrogens with one attached hydrogen (secondary N) is 1. The Balaban J connectivity index is 1.65. The second kappa shape index (κ2) is 9.13. The summed E-state index contributed by atoms with van der Waals surface area (Å²) >= 11 is 0. The lowest BCUT2D eigenvalue weighted by Gasteiger charge is -2.24. The van der Waals surface area contributed by atoms with Crippen LogP contribution >= 0.6 is 0 Å². The molecule has 0 bridgehead atoms. The monoisotopic (exact) mass is 409 g/mol. The van der Waals surface area contributed by atoms with Gasteiger partial charge in [-0.3, -0.25) is 0 Å². The molecule has 158 valence electrons. The topological polar surface area (TPSA) is 83.6 Å². The molecule has 3 heterocycles. The molecule has 1 aliphatic rings. The third-order valence-corrected chi connectivity index (χ3v) is 5.44. The van der Waals surface area contributed by atoms with Gasteiger partial charge in [0.25, 0.3) is 0 Å². The first kappa shape index (κ1) is 20.2. The highest BCUT2D eigenvalue weighted by molar-refractivity contribution is 6.07. The first-order chi connectivity index (χ1) is 14.7. The van der Waals surface area contributed by atoms with Gasteiger partial charge in [-0.05, 0) is 31.5 Å². The van der Waals surface area contributed by atoms with Gasteiger partial charge in [0.15, 0.2) is 0 Å². The Labute approximate surface area is 175 Å². The summed E-state index contributed by atoms with van der Waals surface area (Å²) in [6, 6.07) is 9.89. The van der Waals surface area contributed by atoms with Crippen LogP contribution in [0.3, 0.4) is 0 Å². The van der Waals surface area contributed by atoms with Gasteiger partial charge in [-0.25, -0.2) is 9.78 Å². The number of fused-ring (bicyclic) bond motifs is 1. The number of benzene rings is 1. The van der Waals surface area contributed by atoms with Crippen LogP contribution in [0.2, 0.25) is 0 Å². The van der Waals surface area contributed by atoms with E-state index in [4.69, 9.17) is 14.5 Å². The Bertz CT molecular complexity index is 999. The largest absolute Gasteiger partial charge is 0.471 e. The van der Waals surface area contributed by atoms with Crippen LogP contribution in [0.25, 0.3) is 11.0 Å². The lowest BCUT2D eigenvalue weighted by molar-refractivity contribution is 0.0603. The highest BCUT2D eigenvalue weighted by Gasteiger charge is 2.26. The molecule has 1 aromatic carbocycles. The van der Waals surface area contributed by atoms with Gasteiger partial charge >= 0.3 is 5.97 Å². The van der Waals surface area contributed by atoms with Crippen molar-refractivity contribution >= 4 is 22.8 Å². The van der Waals surface area contributed by atoms with Crippen molar-refractivity contribution in [2.24, 2.45) is 0 Å². The zero-order valence-corrected chi connectivity index (χ0v) is 17.4. The van der Waals surface area contributed by atoms with Gasteiger partial charge in [-0.1, -0.05) is 30.3 Å². The number of methoxy groups -OCH3 is 1. The fourth-order valence-electron chi connectivity index (χ4n) is 3.76. The number of H-pyrrole nitrogens is 1. The maximum absolute atomic E-state index is 12.6. The predicted octanol–water partition coefficient (Wildman–Crippen LogP) is 2.86. The first-order valence-corrected chi connectivity index (χ1v) is 10.2. The van der Waals surface area contributed by atoms with Gasteiger partial charge in [0.1, 0.15) is 29.0 Å². The summed E-state index contributed by atoms with van der Waals surface area (Å²) in [6.45, 7) is 4.27. The number of nitrogens with zero attached hydrogens (tertiary/aromatic N) is 4. The van der Waals surface area contributed by atoms with E-state index in [1.54, 1.807) is 6.33 Å². The average molecular weight is 409 g/mol.